The molecule has 0 spiro atoms. The fourth-order valence-electron chi connectivity index (χ4n) is 0.490. The summed E-state index contributed by atoms with van der Waals surface area (Å²) in [6.45, 7) is 0.817. The minimum atomic E-state index is 0.407. The van der Waals surface area contributed by atoms with Gasteiger partial charge in [-0.1, -0.05) is 0 Å². The van der Waals surface area contributed by atoms with E-state index in [0.29, 0.717) is 10.9 Å². The largest absolute Gasteiger partial charge is 0.331 e. The number of hydrogen-bond donors (Lipinski definition) is 0. The quantitative estimate of drug-likeness (QED) is 0.425. The molecular formula is C5H9OS+. The molecule has 1 aliphatic rings. The van der Waals surface area contributed by atoms with Crippen LogP contribution in [0.5, 0.6) is 0 Å². The van der Waals surface area contributed by atoms with E-state index in [1.54, 1.807) is 0 Å². The molecule has 0 fully saturated rings. The van der Waals surface area contributed by atoms with Crippen LogP contribution >= 0.6 is 0 Å². The topological polar surface area (TPSA) is 9.23 Å². The molecule has 1 atom stereocenters. The molecule has 2 heteroatoms. The SMILES string of the molecule is C[S+]1C=CCOC1. The Morgan fingerprint density at radius 1 is 1.71 bits per heavy atom. The van der Waals surface area contributed by atoms with Gasteiger partial charge in [-0.2, -0.15) is 0 Å². The standard InChI is InChI=1S/C5H9OS/c1-7-4-2-3-6-5-7/h2,4H,3,5H2,1H3/q+1. The van der Waals surface area contributed by atoms with E-state index in [-0.39, 0.29) is 0 Å². The summed E-state index contributed by atoms with van der Waals surface area (Å²) in [5.74, 6) is 0.927. The van der Waals surface area contributed by atoms with E-state index < -0.39 is 0 Å². The Balaban J connectivity index is 2.36. The number of rotatable bonds is 0. The molecule has 0 aliphatic carbocycles. The number of ether oxygens (including phenoxy) is 1. The van der Waals surface area contributed by atoms with E-state index in [1.165, 1.54) is 0 Å². The highest BCUT2D eigenvalue weighted by Gasteiger charge is 2.08. The zero-order valence-corrected chi connectivity index (χ0v) is 5.20. The first-order valence-corrected chi connectivity index (χ1v) is 4.12. The van der Waals surface area contributed by atoms with Crippen LogP contribution in [0.3, 0.4) is 0 Å². The molecule has 0 saturated heterocycles. The van der Waals surface area contributed by atoms with E-state index in [1.807, 2.05) is 0 Å². The van der Waals surface area contributed by atoms with Crippen LogP contribution in [0.15, 0.2) is 11.5 Å². The van der Waals surface area contributed by atoms with Crippen LogP contribution in [0.2, 0.25) is 0 Å². The fourth-order valence-corrected chi connectivity index (χ4v) is 1.34. The maximum atomic E-state index is 5.11. The van der Waals surface area contributed by atoms with Crippen molar-refractivity contribution < 1.29 is 4.74 Å². The molecule has 40 valence electrons. The highest BCUT2D eigenvalue weighted by molar-refractivity contribution is 7.98. The van der Waals surface area contributed by atoms with Crippen LogP contribution in [-0.4, -0.2) is 18.8 Å². The average molecular weight is 117 g/mol. The Morgan fingerprint density at radius 2 is 2.57 bits per heavy atom. The minimum absolute atomic E-state index is 0.407. The second kappa shape index (κ2) is 2.38. The Labute approximate surface area is 46.7 Å². The molecular weight excluding hydrogens is 108 g/mol. The summed E-state index contributed by atoms with van der Waals surface area (Å²) in [6, 6.07) is 0. The van der Waals surface area contributed by atoms with Gasteiger partial charge >= 0.3 is 0 Å². The van der Waals surface area contributed by atoms with Gasteiger partial charge in [0.15, 0.2) is 0 Å². The van der Waals surface area contributed by atoms with Crippen molar-refractivity contribution in [3.8, 4) is 0 Å². The molecule has 1 heterocycles. The summed E-state index contributed by atoms with van der Waals surface area (Å²) >= 11 is 0. The Bertz CT molecular complexity index is 80.1. The summed E-state index contributed by atoms with van der Waals surface area (Å²) in [5.41, 5.74) is 0. The molecule has 1 rings (SSSR count). The first-order chi connectivity index (χ1) is 3.39. The molecule has 7 heavy (non-hydrogen) atoms. The zero-order chi connectivity index (χ0) is 5.11. The van der Waals surface area contributed by atoms with Gasteiger partial charge < -0.3 is 4.74 Å². The Hall–Kier alpha value is 0.0500. The van der Waals surface area contributed by atoms with Crippen molar-refractivity contribution in [2.75, 3.05) is 18.8 Å². The molecule has 0 radical (unpaired) electrons. The minimum Gasteiger partial charge on any atom is -0.331 e. The predicted octanol–water partition coefficient (Wildman–Crippen LogP) is 0.736. The van der Waals surface area contributed by atoms with Crippen molar-refractivity contribution in [2.24, 2.45) is 0 Å². The molecule has 1 unspecified atom stereocenters. The lowest BCUT2D eigenvalue weighted by molar-refractivity contribution is 0.212. The molecule has 0 aromatic rings. The van der Waals surface area contributed by atoms with Crippen LogP contribution in [0.1, 0.15) is 0 Å². The lowest BCUT2D eigenvalue weighted by atomic mass is 10.7. The van der Waals surface area contributed by atoms with E-state index >= 15 is 0 Å². The second-order valence-corrected chi connectivity index (χ2v) is 3.44. The highest BCUT2D eigenvalue weighted by Crippen LogP contribution is 1.99. The monoisotopic (exact) mass is 117 g/mol. The molecule has 0 N–H and O–H groups in total. The zero-order valence-electron chi connectivity index (χ0n) is 4.39. The molecule has 0 aromatic carbocycles. The normalized spacial score (nSPS) is 30.7. The van der Waals surface area contributed by atoms with Crippen molar-refractivity contribution >= 4 is 10.9 Å². The first-order valence-electron chi connectivity index (χ1n) is 2.25. The van der Waals surface area contributed by atoms with Crippen LogP contribution < -0.4 is 0 Å². The van der Waals surface area contributed by atoms with Crippen molar-refractivity contribution in [2.45, 2.75) is 0 Å². The van der Waals surface area contributed by atoms with Crippen molar-refractivity contribution in [1.82, 2.24) is 0 Å². The average Bonchev–Trinajstić information content (AvgIpc) is 1.69. The molecule has 1 aliphatic heterocycles. The lowest BCUT2D eigenvalue weighted by Crippen LogP contribution is -2.09. The smallest absolute Gasteiger partial charge is 0.212 e. The maximum absolute atomic E-state index is 5.11. The van der Waals surface area contributed by atoms with Gasteiger partial charge in [-0.05, 0) is 6.08 Å². The van der Waals surface area contributed by atoms with Crippen molar-refractivity contribution in [1.29, 1.82) is 0 Å². The van der Waals surface area contributed by atoms with Crippen LogP contribution in [0.25, 0.3) is 0 Å². The highest BCUT2D eigenvalue weighted by atomic mass is 32.2. The first kappa shape index (κ1) is 5.19. The molecule has 1 nitrogen and oxygen atoms in total. The number of hydrogen-bond acceptors (Lipinski definition) is 1. The van der Waals surface area contributed by atoms with Crippen LogP contribution in [0.4, 0.5) is 0 Å². The van der Waals surface area contributed by atoms with Crippen molar-refractivity contribution in [3.05, 3.63) is 11.5 Å². The fraction of sp³-hybridized carbons (Fsp3) is 0.600. The third-order valence-electron chi connectivity index (χ3n) is 0.812. The molecule has 0 bridgehead atoms. The maximum Gasteiger partial charge on any atom is 0.212 e. The molecule has 0 aromatic heterocycles. The van der Waals surface area contributed by atoms with Gasteiger partial charge in [-0.25, -0.2) is 0 Å². The van der Waals surface area contributed by atoms with Crippen LogP contribution in [0, 0.1) is 0 Å². The van der Waals surface area contributed by atoms with Gasteiger partial charge in [0.25, 0.3) is 0 Å². The van der Waals surface area contributed by atoms with E-state index in [9.17, 15) is 0 Å². The Kier molecular flexibility index (Phi) is 1.77. The van der Waals surface area contributed by atoms with E-state index in [4.69, 9.17) is 4.74 Å². The van der Waals surface area contributed by atoms with Gasteiger partial charge in [0.05, 0.1) is 6.61 Å². The third kappa shape index (κ3) is 1.53. The van der Waals surface area contributed by atoms with Gasteiger partial charge in [0.2, 0.25) is 5.94 Å². The third-order valence-corrected chi connectivity index (χ3v) is 2.01. The van der Waals surface area contributed by atoms with E-state index in [2.05, 4.69) is 17.7 Å². The summed E-state index contributed by atoms with van der Waals surface area (Å²) in [6.07, 6.45) is 4.25. The van der Waals surface area contributed by atoms with Crippen molar-refractivity contribution in [3.63, 3.8) is 0 Å². The summed E-state index contributed by atoms with van der Waals surface area (Å²) in [4.78, 5) is 0. The van der Waals surface area contributed by atoms with Gasteiger partial charge in [-0.3, -0.25) is 0 Å². The van der Waals surface area contributed by atoms with Gasteiger partial charge in [-0.15, -0.1) is 0 Å². The van der Waals surface area contributed by atoms with E-state index in [0.717, 1.165) is 12.5 Å². The predicted molar refractivity (Wildman–Crippen MR) is 33.2 cm³/mol. The molecule has 0 amide bonds. The summed E-state index contributed by atoms with van der Waals surface area (Å²) in [7, 11) is 0.407. The summed E-state index contributed by atoms with van der Waals surface area (Å²) < 4.78 is 5.11. The molecule has 0 saturated carbocycles. The van der Waals surface area contributed by atoms with Gasteiger partial charge in [0.1, 0.15) is 11.7 Å². The lowest BCUT2D eigenvalue weighted by Gasteiger charge is -2.01. The van der Waals surface area contributed by atoms with Crippen LogP contribution in [-0.2, 0) is 15.6 Å². The second-order valence-electron chi connectivity index (χ2n) is 1.55. The van der Waals surface area contributed by atoms with Gasteiger partial charge in [0, 0.05) is 10.9 Å². The Morgan fingerprint density at radius 3 is 2.86 bits per heavy atom. The summed E-state index contributed by atoms with van der Waals surface area (Å²) in [5, 5.41) is 2.21.